The average Bonchev–Trinajstić information content (AvgIpc) is 2.26. The molecule has 0 N–H and O–H groups in total. The van der Waals surface area contributed by atoms with Crippen molar-refractivity contribution in [2.45, 2.75) is 6.92 Å². The molecule has 0 aliphatic rings. The summed E-state index contributed by atoms with van der Waals surface area (Å²) in [5.74, 6) is 0.717. The summed E-state index contributed by atoms with van der Waals surface area (Å²) in [7, 11) is 0. The third-order valence-corrected chi connectivity index (χ3v) is 3.30. The molecule has 94 valence electrons. The fourth-order valence-electron chi connectivity index (χ4n) is 1.10. The van der Waals surface area contributed by atoms with Crippen LogP contribution in [0.3, 0.4) is 0 Å². The Morgan fingerprint density at radius 2 is 2.24 bits per heavy atom. The number of rotatable bonds is 5. The zero-order valence-corrected chi connectivity index (χ0v) is 12.0. The standard InChI is InChI=1S/C10H10BrCl2NO3/c1-6(4-12)5-17-10-8(11)2-7(13)3-9(10)14(15)16/h2-3,6H,4-5H2,1H3. The molecule has 0 saturated heterocycles. The first-order valence-corrected chi connectivity index (χ1v) is 6.48. The highest BCUT2D eigenvalue weighted by atomic mass is 79.9. The molecule has 0 aliphatic heterocycles. The maximum Gasteiger partial charge on any atom is 0.313 e. The van der Waals surface area contributed by atoms with E-state index in [0.717, 1.165) is 0 Å². The number of alkyl halides is 1. The molecule has 0 radical (unpaired) electrons. The van der Waals surface area contributed by atoms with Crippen molar-refractivity contribution in [1.29, 1.82) is 0 Å². The highest BCUT2D eigenvalue weighted by Gasteiger charge is 2.20. The van der Waals surface area contributed by atoms with Crippen molar-refractivity contribution in [3.63, 3.8) is 0 Å². The van der Waals surface area contributed by atoms with Crippen molar-refractivity contribution >= 4 is 44.8 Å². The molecular weight excluding hydrogens is 333 g/mol. The molecule has 0 aliphatic carbocycles. The zero-order chi connectivity index (χ0) is 13.0. The van der Waals surface area contributed by atoms with Crippen molar-refractivity contribution in [1.82, 2.24) is 0 Å². The van der Waals surface area contributed by atoms with Crippen LogP contribution in [-0.4, -0.2) is 17.4 Å². The molecule has 1 unspecified atom stereocenters. The van der Waals surface area contributed by atoms with E-state index in [2.05, 4.69) is 15.9 Å². The van der Waals surface area contributed by atoms with Crippen LogP contribution in [0, 0.1) is 16.0 Å². The molecule has 0 amide bonds. The molecule has 1 aromatic carbocycles. The molecule has 1 aromatic rings. The lowest BCUT2D eigenvalue weighted by Gasteiger charge is -2.12. The zero-order valence-electron chi connectivity index (χ0n) is 8.95. The second-order valence-corrected chi connectivity index (χ2v) is 5.16. The SMILES string of the molecule is CC(CCl)COc1c(Br)cc(Cl)cc1[N+](=O)[O-]. The summed E-state index contributed by atoms with van der Waals surface area (Å²) >= 11 is 14.6. The lowest BCUT2D eigenvalue weighted by atomic mass is 10.2. The molecule has 4 nitrogen and oxygen atoms in total. The van der Waals surface area contributed by atoms with Gasteiger partial charge in [0, 0.05) is 22.9 Å². The van der Waals surface area contributed by atoms with E-state index >= 15 is 0 Å². The minimum atomic E-state index is -0.530. The van der Waals surface area contributed by atoms with Gasteiger partial charge in [0.15, 0.2) is 0 Å². The lowest BCUT2D eigenvalue weighted by Crippen LogP contribution is -2.11. The Labute approximate surface area is 117 Å². The van der Waals surface area contributed by atoms with Crippen molar-refractivity contribution in [2.24, 2.45) is 5.92 Å². The number of halogens is 3. The summed E-state index contributed by atoms with van der Waals surface area (Å²) < 4.78 is 5.86. The largest absolute Gasteiger partial charge is 0.486 e. The van der Waals surface area contributed by atoms with Crippen LogP contribution in [0.25, 0.3) is 0 Å². The van der Waals surface area contributed by atoms with Gasteiger partial charge in [-0.05, 0) is 22.0 Å². The highest BCUT2D eigenvalue weighted by molar-refractivity contribution is 9.10. The van der Waals surface area contributed by atoms with Gasteiger partial charge < -0.3 is 4.74 Å². The third-order valence-electron chi connectivity index (χ3n) is 1.96. The first-order valence-electron chi connectivity index (χ1n) is 4.78. The maximum atomic E-state index is 10.9. The van der Waals surface area contributed by atoms with Crippen molar-refractivity contribution in [3.8, 4) is 5.75 Å². The van der Waals surface area contributed by atoms with E-state index < -0.39 is 4.92 Å². The van der Waals surface area contributed by atoms with Crippen LogP contribution in [-0.2, 0) is 0 Å². The first-order chi connectivity index (χ1) is 7.95. The van der Waals surface area contributed by atoms with Gasteiger partial charge in [-0.25, -0.2) is 0 Å². The number of benzene rings is 1. The molecule has 7 heteroatoms. The van der Waals surface area contributed by atoms with Gasteiger partial charge in [0.05, 0.1) is 16.0 Å². The van der Waals surface area contributed by atoms with Gasteiger partial charge in [0.25, 0.3) is 0 Å². The van der Waals surface area contributed by atoms with E-state index in [-0.39, 0.29) is 22.4 Å². The Balaban J connectivity index is 3.00. The van der Waals surface area contributed by atoms with E-state index in [4.69, 9.17) is 27.9 Å². The smallest absolute Gasteiger partial charge is 0.313 e. The van der Waals surface area contributed by atoms with Gasteiger partial charge in [-0.1, -0.05) is 18.5 Å². The summed E-state index contributed by atoms with van der Waals surface area (Å²) in [6.07, 6.45) is 0. The quantitative estimate of drug-likeness (QED) is 0.456. The monoisotopic (exact) mass is 341 g/mol. The van der Waals surface area contributed by atoms with Crippen LogP contribution < -0.4 is 4.74 Å². The molecule has 0 bridgehead atoms. The Bertz CT molecular complexity index is 428. The van der Waals surface area contributed by atoms with Gasteiger partial charge >= 0.3 is 5.69 Å². The Kier molecular flexibility index (Phi) is 5.49. The number of nitrogens with zero attached hydrogens (tertiary/aromatic N) is 1. The van der Waals surface area contributed by atoms with Gasteiger partial charge in [0.1, 0.15) is 0 Å². The molecular formula is C10H10BrCl2NO3. The molecule has 17 heavy (non-hydrogen) atoms. The van der Waals surface area contributed by atoms with Crippen LogP contribution in [0.2, 0.25) is 5.02 Å². The highest BCUT2D eigenvalue weighted by Crippen LogP contribution is 2.38. The van der Waals surface area contributed by atoms with Crippen molar-refractivity contribution < 1.29 is 9.66 Å². The second-order valence-electron chi connectivity index (χ2n) is 3.56. The summed E-state index contributed by atoms with van der Waals surface area (Å²) in [6, 6.07) is 2.81. The minimum Gasteiger partial charge on any atom is -0.486 e. The molecule has 0 saturated carbocycles. The predicted octanol–water partition coefficient (Wildman–Crippen LogP) is 4.26. The average molecular weight is 343 g/mol. The van der Waals surface area contributed by atoms with Crippen molar-refractivity contribution in [2.75, 3.05) is 12.5 Å². The fraction of sp³-hybridized carbons (Fsp3) is 0.400. The minimum absolute atomic E-state index is 0.110. The van der Waals surface area contributed by atoms with E-state index in [0.29, 0.717) is 17.0 Å². The topological polar surface area (TPSA) is 52.4 Å². The van der Waals surface area contributed by atoms with Gasteiger partial charge in [-0.3, -0.25) is 10.1 Å². The number of nitro groups is 1. The maximum absolute atomic E-state index is 10.9. The molecule has 1 atom stereocenters. The van der Waals surface area contributed by atoms with E-state index in [1.54, 1.807) is 6.07 Å². The number of nitro benzene ring substituents is 1. The summed E-state index contributed by atoms with van der Waals surface area (Å²) in [5, 5.41) is 11.1. The normalized spacial score (nSPS) is 12.2. The number of hydrogen-bond donors (Lipinski definition) is 0. The third kappa shape index (κ3) is 4.01. The first kappa shape index (κ1) is 14.5. The molecule has 0 heterocycles. The fourth-order valence-corrected chi connectivity index (χ4v) is 2.09. The van der Waals surface area contributed by atoms with Crippen molar-refractivity contribution in [3.05, 3.63) is 31.7 Å². The summed E-state index contributed by atoms with van der Waals surface area (Å²) in [4.78, 5) is 10.3. The van der Waals surface area contributed by atoms with Crippen LogP contribution in [0.1, 0.15) is 6.92 Å². The van der Waals surface area contributed by atoms with E-state index in [9.17, 15) is 10.1 Å². The molecule has 0 fully saturated rings. The van der Waals surface area contributed by atoms with Crippen LogP contribution in [0.5, 0.6) is 5.75 Å². The lowest BCUT2D eigenvalue weighted by molar-refractivity contribution is -0.386. The van der Waals surface area contributed by atoms with Gasteiger partial charge in [-0.2, -0.15) is 0 Å². The Morgan fingerprint density at radius 3 is 2.76 bits per heavy atom. The van der Waals surface area contributed by atoms with Crippen LogP contribution in [0.4, 0.5) is 5.69 Å². The molecule has 0 aromatic heterocycles. The number of hydrogen-bond acceptors (Lipinski definition) is 3. The van der Waals surface area contributed by atoms with Gasteiger partial charge in [-0.15, -0.1) is 11.6 Å². The predicted molar refractivity (Wildman–Crippen MR) is 71.2 cm³/mol. The molecule has 1 rings (SSSR count). The van der Waals surface area contributed by atoms with Gasteiger partial charge in [0.2, 0.25) is 5.75 Å². The second kappa shape index (κ2) is 6.42. The Hall–Kier alpha value is -0.520. The van der Waals surface area contributed by atoms with Crippen LogP contribution >= 0.6 is 39.1 Å². The number of ether oxygens (including phenoxy) is 1. The van der Waals surface area contributed by atoms with Crippen LogP contribution in [0.15, 0.2) is 16.6 Å². The molecule has 0 spiro atoms. The van der Waals surface area contributed by atoms with E-state index in [1.807, 2.05) is 6.92 Å². The summed E-state index contributed by atoms with van der Waals surface area (Å²) in [6.45, 7) is 2.20. The Morgan fingerprint density at radius 1 is 1.59 bits per heavy atom. The van der Waals surface area contributed by atoms with E-state index in [1.165, 1.54) is 6.07 Å². The summed E-state index contributed by atoms with van der Waals surface area (Å²) in [5.41, 5.74) is -0.161.